The average Bonchev–Trinajstić information content (AvgIpc) is 3.97. The third kappa shape index (κ3) is 6.48. The van der Waals surface area contributed by atoms with E-state index in [0.29, 0.717) is 67.4 Å². The topological polar surface area (TPSA) is 225 Å². The van der Waals surface area contributed by atoms with Gasteiger partial charge >= 0.3 is 12.2 Å². The molecule has 2 fully saturated rings. The molecule has 8 N–H and O–H groups in total. The monoisotopic (exact) mass is 886 g/mol. The quantitative estimate of drug-likeness (QED) is 0.125. The van der Waals surface area contributed by atoms with Gasteiger partial charge in [-0.15, -0.1) is 0 Å². The van der Waals surface area contributed by atoms with Gasteiger partial charge in [-0.05, 0) is 94.5 Å². The molecule has 8 atom stereocenters. The lowest BCUT2D eigenvalue weighted by Crippen LogP contribution is -2.71. The number of nitrogens with one attached hydrogen (secondary N) is 2. The third-order valence-electron chi connectivity index (χ3n) is 16.5. The molecule has 14 heteroatoms. The van der Waals surface area contributed by atoms with Crippen molar-refractivity contribution in [2.75, 3.05) is 13.1 Å². The summed E-state index contributed by atoms with van der Waals surface area (Å²) < 4.78 is 0. The summed E-state index contributed by atoms with van der Waals surface area (Å²) in [5, 5.41) is 24.7. The fourth-order valence-electron chi connectivity index (χ4n) is 13.7. The molecule has 2 saturated heterocycles. The molecular formula is C51H62N6O8. The van der Waals surface area contributed by atoms with Gasteiger partial charge in [-0.25, -0.2) is 9.59 Å². The first-order chi connectivity index (χ1) is 30.5. The maximum Gasteiger partial charge on any atom is 0.411 e. The highest BCUT2D eigenvalue weighted by Gasteiger charge is 2.68. The van der Waals surface area contributed by atoms with Gasteiger partial charge in [0.1, 0.15) is 11.1 Å². The molecule has 14 nitrogen and oxygen atoms in total. The molecule has 344 valence electrons. The first-order valence-corrected chi connectivity index (χ1v) is 22.7. The summed E-state index contributed by atoms with van der Waals surface area (Å²) in [7, 11) is 0. The van der Waals surface area contributed by atoms with Crippen LogP contribution < -0.4 is 22.1 Å². The predicted octanol–water partition coefficient (Wildman–Crippen LogP) is 6.39. The number of likely N-dealkylation sites (tertiary alicyclic amines) is 2. The number of nitrogens with two attached hydrogens (primary N) is 2. The van der Waals surface area contributed by atoms with Gasteiger partial charge in [0.15, 0.2) is 0 Å². The van der Waals surface area contributed by atoms with Crippen LogP contribution in [-0.4, -0.2) is 81.0 Å². The van der Waals surface area contributed by atoms with E-state index in [0.717, 1.165) is 22.3 Å². The molecular weight excluding hydrogens is 825 g/mol. The molecule has 3 aromatic carbocycles. The van der Waals surface area contributed by atoms with E-state index in [1.807, 2.05) is 62.4 Å². The van der Waals surface area contributed by atoms with E-state index in [9.17, 15) is 29.4 Å². The summed E-state index contributed by atoms with van der Waals surface area (Å²) in [4.78, 5) is 85.4. The lowest BCUT2D eigenvalue weighted by Gasteiger charge is -2.59. The van der Waals surface area contributed by atoms with Crippen molar-refractivity contribution < 1.29 is 39.0 Å². The molecule has 3 aromatic rings. The van der Waals surface area contributed by atoms with Crippen molar-refractivity contribution in [3.63, 3.8) is 0 Å². The Morgan fingerprint density at radius 3 is 1.54 bits per heavy atom. The molecule has 2 heterocycles. The molecule has 5 aliphatic carbocycles. The number of fused-ring (bicyclic) bond motifs is 6. The predicted molar refractivity (Wildman–Crippen MR) is 244 cm³/mol. The van der Waals surface area contributed by atoms with Crippen LogP contribution in [0.25, 0.3) is 5.57 Å². The highest BCUT2D eigenvalue weighted by molar-refractivity contribution is 6.01. The van der Waals surface area contributed by atoms with Crippen molar-refractivity contribution in [1.29, 1.82) is 0 Å². The molecule has 10 rings (SSSR count). The van der Waals surface area contributed by atoms with Crippen LogP contribution in [0.3, 0.4) is 0 Å². The molecule has 4 bridgehead atoms. The Bertz CT molecular complexity index is 2520. The minimum absolute atomic E-state index is 0.0836. The highest BCUT2D eigenvalue weighted by atomic mass is 16.4. The Hall–Kier alpha value is -5.86. The second kappa shape index (κ2) is 15.6. The lowest BCUT2D eigenvalue weighted by molar-refractivity contribution is -0.146. The molecule has 0 saturated carbocycles. The zero-order chi connectivity index (χ0) is 47.2. The summed E-state index contributed by atoms with van der Waals surface area (Å²) in [6, 6.07) is 22.7. The average molecular weight is 887 g/mol. The summed E-state index contributed by atoms with van der Waals surface area (Å²) in [6.45, 7) is 15.4. The van der Waals surface area contributed by atoms with Gasteiger partial charge in [0.2, 0.25) is 11.8 Å². The van der Waals surface area contributed by atoms with E-state index in [-0.39, 0.29) is 30.2 Å². The number of amides is 6. The smallest absolute Gasteiger partial charge is 0.411 e. The van der Waals surface area contributed by atoms with Crippen molar-refractivity contribution in [2.45, 2.75) is 133 Å². The van der Waals surface area contributed by atoms with Crippen LogP contribution >= 0.6 is 0 Å². The van der Waals surface area contributed by atoms with Crippen LogP contribution in [0.5, 0.6) is 0 Å². The maximum absolute atomic E-state index is 15.1. The van der Waals surface area contributed by atoms with Crippen molar-refractivity contribution in [1.82, 2.24) is 20.4 Å². The van der Waals surface area contributed by atoms with Gasteiger partial charge in [0.05, 0.1) is 0 Å². The highest BCUT2D eigenvalue weighted by Crippen LogP contribution is 2.64. The van der Waals surface area contributed by atoms with Gasteiger partial charge in [-0.1, -0.05) is 121 Å². The first-order valence-electron chi connectivity index (χ1n) is 22.7. The zero-order valence-corrected chi connectivity index (χ0v) is 38.4. The number of carbonyl (C=O) groups excluding carboxylic acids is 4. The Kier molecular flexibility index (Phi) is 11.0. The van der Waals surface area contributed by atoms with E-state index in [2.05, 4.69) is 79.3 Å². The summed E-state index contributed by atoms with van der Waals surface area (Å²) in [5.74, 6) is -2.83. The van der Waals surface area contributed by atoms with Crippen LogP contribution in [0.15, 0.2) is 78.4 Å². The van der Waals surface area contributed by atoms with Crippen LogP contribution in [0.1, 0.15) is 127 Å². The van der Waals surface area contributed by atoms with Crippen molar-refractivity contribution in [3.05, 3.63) is 112 Å². The van der Waals surface area contributed by atoms with E-state index in [4.69, 9.17) is 11.5 Å². The van der Waals surface area contributed by atoms with E-state index < -0.39 is 69.2 Å². The number of nitrogens with zero attached hydrogens (tertiary/aromatic N) is 2. The van der Waals surface area contributed by atoms with E-state index >= 15 is 9.59 Å². The number of carbonyl (C=O) groups is 6. The van der Waals surface area contributed by atoms with Gasteiger partial charge in [0.25, 0.3) is 11.8 Å². The normalized spacial score (nSPS) is 31.9. The van der Waals surface area contributed by atoms with E-state index in [1.54, 1.807) is 0 Å². The van der Waals surface area contributed by atoms with E-state index in [1.165, 1.54) is 0 Å². The second-order valence-electron chi connectivity index (χ2n) is 20.9. The molecule has 7 aliphatic rings. The minimum atomic E-state index is -1.64. The molecule has 0 spiro atoms. The van der Waals surface area contributed by atoms with Gasteiger partial charge < -0.3 is 21.7 Å². The third-order valence-corrected chi connectivity index (χ3v) is 16.5. The van der Waals surface area contributed by atoms with Gasteiger partial charge in [-0.3, -0.25) is 39.6 Å². The minimum Gasteiger partial charge on any atom is -0.465 e. The SMILES string of the molecule is CC1CC(C2CCCN2[C@@]2(C(=O)NC(=O)O)c3ccc(cc3)C2(C)CC(N)=O)=C(c2ccc(C(C)(C)C)cc2)C1(C)C1CCCN1[C@@]1(C(=O)NC(=O)O)c2ccc(cc2)C1(C)CC(N)=O. The summed E-state index contributed by atoms with van der Waals surface area (Å²) >= 11 is 0. The van der Waals surface area contributed by atoms with Crippen LogP contribution in [0.4, 0.5) is 9.59 Å². The number of imide groups is 2. The number of carboxylic acid groups (broad SMARTS) is 2. The molecule has 6 unspecified atom stereocenters. The number of rotatable bonds is 11. The van der Waals surface area contributed by atoms with Crippen molar-refractivity contribution in [2.24, 2.45) is 22.8 Å². The Morgan fingerprint density at radius 1 is 0.662 bits per heavy atom. The number of primary amides is 2. The Balaban J connectivity index is 1.38. The van der Waals surface area contributed by atoms with Crippen LogP contribution in [0.2, 0.25) is 0 Å². The van der Waals surface area contributed by atoms with Crippen LogP contribution in [0, 0.1) is 11.3 Å². The van der Waals surface area contributed by atoms with Gasteiger partial charge in [-0.2, -0.15) is 0 Å². The zero-order valence-electron chi connectivity index (χ0n) is 38.4. The Labute approximate surface area is 380 Å². The summed E-state index contributed by atoms with van der Waals surface area (Å²) in [6.07, 6.45) is -0.223. The second-order valence-corrected chi connectivity index (χ2v) is 20.9. The van der Waals surface area contributed by atoms with Crippen molar-refractivity contribution >= 4 is 41.4 Å². The number of hydrogen-bond donors (Lipinski definition) is 6. The number of hydrogen-bond acceptors (Lipinski definition) is 8. The largest absolute Gasteiger partial charge is 0.465 e. The van der Waals surface area contributed by atoms with Crippen LogP contribution in [-0.2, 0) is 46.5 Å². The lowest BCUT2D eigenvalue weighted by atomic mass is 9.55. The Morgan fingerprint density at radius 2 is 1.09 bits per heavy atom. The standard InChI is InChI=1S/C51H62N6O8/c1-29-26-36(37-10-8-24-56(37)50(42(60)54-44(62)63)34-20-16-32(17-21-34)47(50,5)27-39(52)58)41(30-12-14-31(15-13-30)46(2,3)4)49(29,7)38-11-9-25-57(38)51(43(61)55-45(64)65)35-22-18-33(19-23-35)48(51,6)28-40(53)59/h12-23,29,37-38H,8-11,24-28H2,1-7H3,(H2,52,58)(H2,53,59)(H,54,60)(H,55,61)(H,62,63)(H,64,65)/t29?,37?,38?,47?,48?,49?,50-,51-/m1/s1. The fourth-order valence-corrected chi connectivity index (χ4v) is 13.7. The maximum atomic E-state index is 15.1. The molecule has 0 aromatic heterocycles. The fraction of sp³-hybridized carbons (Fsp3) is 0.490. The summed E-state index contributed by atoms with van der Waals surface area (Å²) in [5.41, 5.74) is 12.1. The molecule has 2 aliphatic heterocycles. The van der Waals surface area contributed by atoms with Gasteiger partial charge in [0, 0.05) is 47.7 Å². The van der Waals surface area contributed by atoms with Crippen molar-refractivity contribution in [3.8, 4) is 0 Å². The molecule has 0 radical (unpaired) electrons. The molecule has 6 amide bonds. The number of benzene rings is 3. The molecule has 65 heavy (non-hydrogen) atoms. The first kappa shape index (κ1) is 45.7.